The van der Waals surface area contributed by atoms with E-state index in [0.717, 1.165) is 39.3 Å². The van der Waals surface area contributed by atoms with E-state index in [1.165, 1.54) is 43.4 Å². The number of fused-ring (bicyclic) bond motifs is 7. The van der Waals surface area contributed by atoms with Crippen molar-refractivity contribution >= 4 is 54.4 Å². The van der Waals surface area contributed by atoms with Gasteiger partial charge in [-0.05, 0) is 82.4 Å². The van der Waals surface area contributed by atoms with Crippen LogP contribution in [0.3, 0.4) is 0 Å². The Morgan fingerprint density at radius 1 is 0.478 bits per heavy atom. The highest BCUT2D eigenvalue weighted by Gasteiger charge is 2.20. The highest BCUT2D eigenvalue weighted by molar-refractivity contribution is 6.15. The normalized spacial score (nSPS) is 12.2. The summed E-state index contributed by atoms with van der Waals surface area (Å²) < 4.78 is 4.75. The van der Waals surface area contributed by atoms with Gasteiger partial charge < -0.3 is 4.57 Å². The van der Waals surface area contributed by atoms with Crippen molar-refractivity contribution in [1.82, 2.24) is 19.1 Å². The molecular formula is C42H32N4. The van der Waals surface area contributed by atoms with Gasteiger partial charge in [0, 0.05) is 45.2 Å². The van der Waals surface area contributed by atoms with Gasteiger partial charge in [0.2, 0.25) is 0 Å². The number of benzene rings is 5. The fourth-order valence-electron chi connectivity index (χ4n) is 7.03. The van der Waals surface area contributed by atoms with Crippen LogP contribution in [0, 0.1) is 0 Å². The highest BCUT2D eigenvalue weighted by atomic mass is 15.1. The zero-order valence-electron chi connectivity index (χ0n) is 26.1. The van der Waals surface area contributed by atoms with Crippen LogP contribution in [0.4, 0.5) is 0 Å². The molecular weight excluding hydrogens is 560 g/mol. The molecule has 0 N–H and O–H groups in total. The average molecular weight is 593 g/mol. The standard InChI is InChI=1S/C42H32N4/c1-42(2,3)30-19-21-44-41(25-30)46-37-14-7-6-12-32(37)33-18-16-31(26-40(33)46)45-38-24-29(36-13-8-9-20-43-36)15-17-34(38)35-22-27-10-4-5-11-28(27)23-39(35)45/h4-26H,1-3H3. The minimum absolute atomic E-state index is 0.0126. The van der Waals surface area contributed by atoms with Gasteiger partial charge in [0.1, 0.15) is 5.82 Å². The zero-order chi connectivity index (χ0) is 31.0. The molecule has 0 saturated carbocycles. The van der Waals surface area contributed by atoms with E-state index < -0.39 is 0 Å². The smallest absolute Gasteiger partial charge is 0.137 e. The van der Waals surface area contributed by atoms with Crippen LogP contribution in [0.2, 0.25) is 0 Å². The SMILES string of the molecule is CC(C)(C)c1ccnc(-n2c3ccccc3c3ccc(-n4c5cc(-c6ccccn6)ccc5c5cc6ccccc6cc54)cc32)c1. The van der Waals surface area contributed by atoms with E-state index in [4.69, 9.17) is 4.98 Å². The van der Waals surface area contributed by atoms with Gasteiger partial charge in [-0.25, -0.2) is 4.98 Å². The number of hydrogen-bond acceptors (Lipinski definition) is 2. The Morgan fingerprint density at radius 3 is 2.00 bits per heavy atom. The number of para-hydroxylation sites is 1. The van der Waals surface area contributed by atoms with E-state index in [2.05, 4.69) is 150 Å². The van der Waals surface area contributed by atoms with Crippen LogP contribution in [0.25, 0.3) is 77.1 Å². The summed E-state index contributed by atoms with van der Waals surface area (Å²) in [6.45, 7) is 6.75. The van der Waals surface area contributed by atoms with Crippen molar-refractivity contribution in [2.24, 2.45) is 0 Å². The third kappa shape index (κ3) is 4.07. The summed E-state index contributed by atoms with van der Waals surface area (Å²) in [5, 5.41) is 7.35. The van der Waals surface area contributed by atoms with Gasteiger partial charge in [0.15, 0.2) is 0 Å². The Kier molecular flexibility index (Phi) is 5.72. The van der Waals surface area contributed by atoms with Crippen molar-refractivity contribution in [3.05, 3.63) is 145 Å². The summed E-state index contributed by atoms with van der Waals surface area (Å²) in [5.41, 5.74) is 9.07. The average Bonchev–Trinajstić information content (AvgIpc) is 3.58. The van der Waals surface area contributed by atoms with E-state index in [9.17, 15) is 0 Å². The summed E-state index contributed by atoms with van der Waals surface area (Å²) in [4.78, 5) is 9.59. The predicted molar refractivity (Wildman–Crippen MR) is 192 cm³/mol. The maximum Gasteiger partial charge on any atom is 0.137 e. The lowest BCUT2D eigenvalue weighted by molar-refractivity contribution is 0.588. The molecule has 0 aliphatic rings. The molecule has 4 aromatic heterocycles. The van der Waals surface area contributed by atoms with Crippen molar-refractivity contribution in [1.29, 1.82) is 0 Å². The van der Waals surface area contributed by atoms with Crippen molar-refractivity contribution in [2.75, 3.05) is 0 Å². The number of hydrogen-bond donors (Lipinski definition) is 0. The lowest BCUT2D eigenvalue weighted by Gasteiger charge is -2.20. The van der Waals surface area contributed by atoms with Gasteiger partial charge in [-0.2, -0.15) is 0 Å². The first-order valence-corrected chi connectivity index (χ1v) is 15.8. The molecule has 0 amide bonds. The lowest BCUT2D eigenvalue weighted by Crippen LogP contribution is -2.12. The topological polar surface area (TPSA) is 35.6 Å². The molecule has 0 bridgehead atoms. The second-order valence-electron chi connectivity index (χ2n) is 13.2. The van der Waals surface area contributed by atoms with Crippen LogP contribution in [0.5, 0.6) is 0 Å². The minimum Gasteiger partial charge on any atom is -0.309 e. The number of pyridine rings is 2. The Balaban J connectivity index is 1.37. The second kappa shape index (κ2) is 9.88. The van der Waals surface area contributed by atoms with Crippen molar-refractivity contribution < 1.29 is 0 Å². The first-order chi connectivity index (χ1) is 22.4. The van der Waals surface area contributed by atoms with Crippen molar-refractivity contribution in [2.45, 2.75) is 26.2 Å². The monoisotopic (exact) mass is 592 g/mol. The molecule has 0 fully saturated rings. The van der Waals surface area contributed by atoms with Crippen molar-refractivity contribution in [3.63, 3.8) is 0 Å². The molecule has 5 aromatic carbocycles. The molecule has 46 heavy (non-hydrogen) atoms. The van der Waals surface area contributed by atoms with Crippen LogP contribution in [-0.4, -0.2) is 19.1 Å². The molecule has 0 aliphatic heterocycles. The maximum absolute atomic E-state index is 4.92. The molecule has 0 unspecified atom stereocenters. The Labute approximate surface area is 267 Å². The maximum atomic E-state index is 4.92. The number of rotatable bonds is 3. The van der Waals surface area contributed by atoms with E-state index in [1.807, 2.05) is 24.5 Å². The Hall–Kier alpha value is -5.74. The van der Waals surface area contributed by atoms with Gasteiger partial charge >= 0.3 is 0 Å². The Bertz CT molecular complexity index is 2620. The molecule has 0 saturated heterocycles. The van der Waals surface area contributed by atoms with Gasteiger partial charge in [0.05, 0.1) is 27.8 Å². The molecule has 220 valence electrons. The summed E-state index contributed by atoms with van der Waals surface area (Å²) in [6.07, 6.45) is 3.80. The second-order valence-corrected chi connectivity index (χ2v) is 13.2. The van der Waals surface area contributed by atoms with E-state index >= 15 is 0 Å². The Morgan fingerprint density at radius 2 is 1.17 bits per heavy atom. The van der Waals surface area contributed by atoms with Crippen LogP contribution >= 0.6 is 0 Å². The largest absolute Gasteiger partial charge is 0.309 e. The van der Waals surface area contributed by atoms with Gasteiger partial charge in [-0.1, -0.05) is 87.5 Å². The summed E-state index contributed by atoms with van der Waals surface area (Å²) in [7, 11) is 0. The quantitative estimate of drug-likeness (QED) is 0.205. The van der Waals surface area contributed by atoms with Crippen LogP contribution in [-0.2, 0) is 5.41 Å². The number of nitrogens with zero attached hydrogens (tertiary/aromatic N) is 4. The molecule has 9 rings (SSSR count). The van der Waals surface area contributed by atoms with Crippen LogP contribution in [0.1, 0.15) is 26.3 Å². The van der Waals surface area contributed by atoms with E-state index in [0.29, 0.717) is 0 Å². The third-order valence-corrected chi connectivity index (χ3v) is 9.35. The summed E-state index contributed by atoms with van der Waals surface area (Å²) in [6, 6.07) is 46.0. The van der Waals surface area contributed by atoms with Crippen LogP contribution in [0.15, 0.2) is 140 Å². The zero-order valence-corrected chi connectivity index (χ0v) is 26.1. The predicted octanol–water partition coefficient (Wildman–Crippen LogP) is 10.8. The molecule has 0 radical (unpaired) electrons. The van der Waals surface area contributed by atoms with Gasteiger partial charge in [-0.3, -0.25) is 9.55 Å². The summed E-state index contributed by atoms with van der Waals surface area (Å²) >= 11 is 0. The molecule has 4 heteroatoms. The fraction of sp³-hybridized carbons (Fsp3) is 0.0952. The van der Waals surface area contributed by atoms with Gasteiger partial charge in [-0.15, -0.1) is 0 Å². The lowest BCUT2D eigenvalue weighted by atomic mass is 9.88. The molecule has 0 aliphatic carbocycles. The molecule has 4 heterocycles. The van der Waals surface area contributed by atoms with E-state index in [1.54, 1.807) is 0 Å². The highest BCUT2D eigenvalue weighted by Crippen LogP contribution is 2.39. The third-order valence-electron chi connectivity index (χ3n) is 9.35. The minimum atomic E-state index is 0.0126. The van der Waals surface area contributed by atoms with Crippen molar-refractivity contribution in [3.8, 4) is 22.8 Å². The van der Waals surface area contributed by atoms with Gasteiger partial charge in [0.25, 0.3) is 0 Å². The molecule has 4 nitrogen and oxygen atoms in total. The summed E-state index contributed by atoms with van der Waals surface area (Å²) in [5.74, 6) is 0.932. The van der Waals surface area contributed by atoms with E-state index in [-0.39, 0.29) is 5.41 Å². The number of aromatic nitrogens is 4. The molecule has 9 aromatic rings. The first kappa shape index (κ1) is 26.6. The van der Waals surface area contributed by atoms with Crippen LogP contribution < -0.4 is 0 Å². The molecule has 0 spiro atoms. The molecule has 0 atom stereocenters. The first-order valence-electron chi connectivity index (χ1n) is 15.8. The fourth-order valence-corrected chi connectivity index (χ4v) is 7.03.